The predicted molar refractivity (Wildman–Crippen MR) is 165 cm³/mol. The van der Waals surface area contributed by atoms with Crippen molar-refractivity contribution in [1.82, 2.24) is 34.0 Å². The number of aromatic nitrogens is 6. The highest BCUT2D eigenvalue weighted by atomic mass is 35.5. The van der Waals surface area contributed by atoms with Crippen molar-refractivity contribution >= 4 is 46.0 Å². The zero-order valence-electron chi connectivity index (χ0n) is 23.7. The highest BCUT2D eigenvalue weighted by Crippen LogP contribution is 2.37. The highest BCUT2D eigenvalue weighted by molar-refractivity contribution is 6.30. The van der Waals surface area contributed by atoms with Crippen LogP contribution in [0, 0.1) is 0 Å². The summed E-state index contributed by atoms with van der Waals surface area (Å²) in [6, 6.07) is 16.6. The van der Waals surface area contributed by atoms with Crippen molar-refractivity contribution in [1.29, 1.82) is 0 Å². The average molecular weight is 606 g/mol. The molecule has 218 valence electrons. The van der Waals surface area contributed by atoms with Crippen LogP contribution in [0.5, 0.6) is 0 Å². The molecule has 0 spiro atoms. The van der Waals surface area contributed by atoms with Gasteiger partial charge >= 0.3 is 0 Å². The Morgan fingerprint density at radius 2 is 1.55 bits per heavy atom. The average Bonchev–Trinajstić information content (AvgIpc) is 3.72. The summed E-state index contributed by atoms with van der Waals surface area (Å²) in [6.45, 7) is 6.54. The van der Waals surface area contributed by atoms with Crippen molar-refractivity contribution < 1.29 is 5.11 Å². The van der Waals surface area contributed by atoms with Crippen molar-refractivity contribution in [3.63, 3.8) is 0 Å². The van der Waals surface area contributed by atoms with E-state index in [1.165, 1.54) is 11.1 Å². The molecule has 1 N–H and O–H groups in total. The summed E-state index contributed by atoms with van der Waals surface area (Å²) in [5.74, 6) is 1.33. The monoisotopic (exact) mass is 604 g/mol. The normalized spacial score (nSPS) is 21.2. The van der Waals surface area contributed by atoms with Gasteiger partial charge in [-0.25, -0.2) is 9.38 Å². The third kappa shape index (κ3) is 4.92. The van der Waals surface area contributed by atoms with Gasteiger partial charge in [0.1, 0.15) is 11.8 Å². The molecule has 1 saturated carbocycles. The number of hydrogen-bond donors (Lipinski definition) is 1. The number of nitrogens with zero attached hydrogens (tertiary/aromatic N) is 8. The van der Waals surface area contributed by atoms with Gasteiger partial charge in [0.15, 0.2) is 11.5 Å². The molecule has 11 heteroatoms. The SMILES string of the molecule is C[C@@H]1CN(c2nc3nncn3c3c2ncn3CC2(O)CCCC2)[C@@H](C)CN1C(c1ccc(Cl)cc1)c1ccc(Cl)cc1. The molecule has 1 aliphatic carbocycles. The van der Waals surface area contributed by atoms with Gasteiger partial charge in [0.2, 0.25) is 0 Å². The quantitative estimate of drug-likeness (QED) is 0.263. The molecule has 4 heterocycles. The fourth-order valence-corrected chi connectivity index (χ4v) is 7.14. The number of anilines is 1. The molecule has 2 aliphatic rings. The molecule has 0 amide bonds. The standard InChI is InChI=1S/C31H34Cl2N8O/c1-20-16-40(21(2)15-39(20)27(22-5-9-24(32)10-6-22)23-7-11-25(33)12-8-23)28-26-29(41-19-35-37-30(41)36-28)38(18-34-26)17-31(42)13-3-4-14-31/h5-12,18-21,27,42H,3-4,13-17H2,1-2H3/t20-,21+/m1/s1. The number of aliphatic hydroxyl groups is 1. The van der Waals surface area contributed by atoms with Gasteiger partial charge in [0, 0.05) is 35.2 Å². The number of fused-ring (bicyclic) bond motifs is 3. The topological polar surface area (TPSA) is 87.6 Å². The summed E-state index contributed by atoms with van der Waals surface area (Å²) in [5.41, 5.74) is 3.31. The minimum atomic E-state index is -0.719. The van der Waals surface area contributed by atoms with E-state index < -0.39 is 5.60 Å². The van der Waals surface area contributed by atoms with Gasteiger partial charge in [-0.2, -0.15) is 4.98 Å². The molecule has 0 bridgehead atoms. The molecule has 9 nitrogen and oxygen atoms in total. The molecular weight excluding hydrogens is 571 g/mol. The van der Waals surface area contributed by atoms with Crippen molar-refractivity contribution in [2.45, 2.75) is 69.8 Å². The molecule has 0 unspecified atom stereocenters. The lowest BCUT2D eigenvalue weighted by molar-refractivity contribution is 0.0308. The second-order valence-electron chi connectivity index (χ2n) is 12.0. The molecule has 2 aromatic carbocycles. The largest absolute Gasteiger partial charge is 0.388 e. The molecule has 2 fully saturated rings. The first-order valence-corrected chi connectivity index (χ1v) is 15.4. The predicted octanol–water partition coefficient (Wildman–Crippen LogP) is 5.77. The molecule has 1 saturated heterocycles. The zero-order chi connectivity index (χ0) is 29.0. The molecule has 5 aromatic rings. The van der Waals surface area contributed by atoms with Gasteiger partial charge < -0.3 is 14.6 Å². The smallest absolute Gasteiger partial charge is 0.258 e. The maximum absolute atomic E-state index is 11.2. The molecule has 2 atom stereocenters. The Hall–Kier alpha value is -3.24. The first-order chi connectivity index (χ1) is 20.3. The molecule has 7 rings (SSSR count). The Kier molecular flexibility index (Phi) is 7.09. The van der Waals surface area contributed by atoms with Crippen LogP contribution >= 0.6 is 23.2 Å². The van der Waals surface area contributed by atoms with Crippen LogP contribution in [0.4, 0.5) is 5.82 Å². The number of benzene rings is 2. The third-order valence-corrected chi connectivity index (χ3v) is 9.50. The van der Waals surface area contributed by atoms with Gasteiger partial charge in [0.25, 0.3) is 5.78 Å². The van der Waals surface area contributed by atoms with Gasteiger partial charge in [-0.15, -0.1) is 10.2 Å². The summed E-state index contributed by atoms with van der Waals surface area (Å²) < 4.78 is 3.93. The van der Waals surface area contributed by atoms with E-state index in [0.717, 1.165) is 65.8 Å². The summed E-state index contributed by atoms with van der Waals surface area (Å²) in [5, 5.41) is 21.1. The Morgan fingerprint density at radius 3 is 2.19 bits per heavy atom. The first kappa shape index (κ1) is 27.6. The van der Waals surface area contributed by atoms with Crippen LogP contribution in [0.15, 0.2) is 61.2 Å². The molecule has 0 radical (unpaired) electrons. The van der Waals surface area contributed by atoms with E-state index in [9.17, 15) is 5.11 Å². The van der Waals surface area contributed by atoms with Crippen molar-refractivity contribution in [2.75, 3.05) is 18.0 Å². The minimum absolute atomic E-state index is 0.0393. The van der Waals surface area contributed by atoms with Gasteiger partial charge in [-0.05, 0) is 62.1 Å². The maximum Gasteiger partial charge on any atom is 0.258 e. The number of piperazine rings is 1. The lowest BCUT2D eigenvalue weighted by Crippen LogP contribution is -2.57. The summed E-state index contributed by atoms with van der Waals surface area (Å²) in [7, 11) is 0. The summed E-state index contributed by atoms with van der Waals surface area (Å²) in [4.78, 5) is 14.7. The fraction of sp³-hybridized carbons (Fsp3) is 0.419. The Bertz CT molecular complexity index is 1670. The maximum atomic E-state index is 11.2. The first-order valence-electron chi connectivity index (χ1n) is 14.6. The van der Waals surface area contributed by atoms with E-state index in [1.807, 2.05) is 39.6 Å². The van der Waals surface area contributed by atoms with Crippen LogP contribution in [-0.4, -0.2) is 69.9 Å². The number of hydrogen-bond acceptors (Lipinski definition) is 7. The van der Waals surface area contributed by atoms with Gasteiger partial charge in [-0.3, -0.25) is 4.90 Å². The number of halogens is 2. The summed E-state index contributed by atoms with van der Waals surface area (Å²) >= 11 is 12.5. The molecular formula is C31H34Cl2N8O. The number of imidazole rings is 1. The second kappa shape index (κ2) is 10.8. The zero-order valence-corrected chi connectivity index (χ0v) is 25.2. The summed E-state index contributed by atoms with van der Waals surface area (Å²) in [6.07, 6.45) is 7.20. The van der Waals surface area contributed by atoms with E-state index in [2.05, 4.69) is 58.1 Å². The highest BCUT2D eigenvalue weighted by Gasteiger charge is 2.37. The molecule has 1 aliphatic heterocycles. The van der Waals surface area contributed by atoms with Crippen LogP contribution < -0.4 is 4.90 Å². The van der Waals surface area contributed by atoms with Crippen LogP contribution in [-0.2, 0) is 6.54 Å². The fourth-order valence-electron chi connectivity index (χ4n) is 6.89. The van der Waals surface area contributed by atoms with Crippen LogP contribution in [0.3, 0.4) is 0 Å². The minimum Gasteiger partial charge on any atom is -0.388 e. The lowest BCUT2D eigenvalue weighted by Gasteiger charge is -2.48. The van der Waals surface area contributed by atoms with Crippen molar-refractivity contribution in [2.24, 2.45) is 0 Å². The van der Waals surface area contributed by atoms with Crippen molar-refractivity contribution in [3.05, 3.63) is 82.4 Å². The third-order valence-electron chi connectivity index (χ3n) is 8.99. The molecule has 42 heavy (non-hydrogen) atoms. The lowest BCUT2D eigenvalue weighted by atomic mass is 9.93. The van der Waals surface area contributed by atoms with Gasteiger partial charge in [0.05, 0.1) is 24.5 Å². The van der Waals surface area contributed by atoms with Crippen molar-refractivity contribution in [3.8, 4) is 0 Å². The Balaban J connectivity index is 1.25. The Labute approximate surface area is 254 Å². The number of rotatable bonds is 6. The van der Waals surface area contributed by atoms with E-state index in [-0.39, 0.29) is 18.1 Å². The van der Waals surface area contributed by atoms with Crippen LogP contribution in [0.25, 0.3) is 16.9 Å². The van der Waals surface area contributed by atoms with E-state index in [1.54, 1.807) is 6.33 Å². The Morgan fingerprint density at radius 1 is 0.905 bits per heavy atom. The van der Waals surface area contributed by atoms with E-state index in [4.69, 9.17) is 33.2 Å². The van der Waals surface area contributed by atoms with E-state index >= 15 is 0 Å². The molecule has 3 aromatic heterocycles. The van der Waals surface area contributed by atoms with Gasteiger partial charge in [-0.1, -0.05) is 60.3 Å². The van der Waals surface area contributed by atoms with E-state index in [0.29, 0.717) is 12.3 Å². The second-order valence-corrected chi connectivity index (χ2v) is 12.8. The van der Waals surface area contributed by atoms with Crippen LogP contribution in [0.1, 0.15) is 56.7 Å². The van der Waals surface area contributed by atoms with Crippen LogP contribution in [0.2, 0.25) is 10.0 Å².